The third-order valence-electron chi connectivity index (χ3n) is 2.72. The number of anilines is 1. The van der Waals surface area contributed by atoms with Crippen LogP contribution in [0.25, 0.3) is 0 Å². The first-order valence-electron chi connectivity index (χ1n) is 6.62. The first kappa shape index (κ1) is 14.6. The van der Waals surface area contributed by atoms with Crippen molar-refractivity contribution in [1.29, 1.82) is 0 Å². The standard InChI is InChI=1S/C15H18ClN3O/c1-4-7-17-14-9-15(19-11(3)18-14)20-13-6-5-12(16)8-10(13)2/h5-6,8-9H,4,7H2,1-3H3,(H,17,18,19). The first-order valence-corrected chi connectivity index (χ1v) is 7.00. The van der Waals surface area contributed by atoms with Gasteiger partial charge in [-0.3, -0.25) is 0 Å². The zero-order valence-corrected chi connectivity index (χ0v) is 12.7. The largest absolute Gasteiger partial charge is 0.439 e. The van der Waals surface area contributed by atoms with E-state index < -0.39 is 0 Å². The van der Waals surface area contributed by atoms with Crippen molar-refractivity contribution in [2.75, 3.05) is 11.9 Å². The number of rotatable bonds is 5. The Bertz CT molecular complexity index is 602. The Morgan fingerprint density at radius 1 is 1.20 bits per heavy atom. The minimum Gasteiger partial charge on any atom is -0.439 e. The van der Waals surface area contributed by atoms with Gasteiger partial charge in [0, 0.05) is 17.6 Å². The second-order valence-electron chi connectivity index (χ2n) is 4.58. The number of halogens is 1. The number of nitrogens with zero attached hydrogens (tertiary/aromatic N) is 2. The molecule has 0 aliphatic rings. The third-order valence-corrected chi connectivity index (χ3v) is 2.96. The fraction of sp³-hybridized carbons (Fsp3) is 0.333. The summed E-state index contributed by atoms with van der Waals surface area (Å²) in [6.45, 7) is 6.77. The van der Waals surface area contributed by atoms with Crippen LogP contribution in [0.2, 0.25) is 5.02 Å². The molecule has 0 bridgehead atoms. The summed E-state index contributed by atoms with van der Waals surface area (Å²) in [5.74, 6) is 2.73. The Kier molecular flexibility index (Phi) is 4.79. The molecule has 1 N–H and O–H groups in total. The molecule has 0 spiro atoms. The van der Waals surface area contributed by atoms with E-state index in [0.29, 0.717) is 16.7 Å². The van der Waals surface area contributed by atoms with E-state index in [-0.39, 0.29) is 0 Å². The number of nitrogens with one attached hydrogen (secondary N) is 1. The molecule has 20 heavy (non-hydrogen) atoms. The molecule has 0 saturated carbocycles. The lowest BCUT2D eigenvalue weighted by Gasteiger charge is -2.10. The van der Waals surface area contributed by atoms with Crippen molar-refractivity contribution in [1.82, 2.24) is 9.97 Å². The maximum Gasteiger partial charge on any atom is 0.224 e. The van der Waals surface area contributed by atoms with Gasteiger partial charge in [-0.25, -0.2) is 4.98 Å². The van der Waals surface area contributed by atoms with Gasteiger partial charge in [-0.15, -0.1) is 0 Å². The van der Waals surface area contributed by atoms with Crippen LogP contribution >= 0.6 is 11.6 Å². The van der Waals surface area contributed by atoms with Crippen LogP contribution in [0.15, 0.2) is 24.3 Å². The summed E-state index contributed by atoms with van der Waals surface area (Å²) in [5.41, 5.74) is 0.969. The van der Waals surface area contributed by atoms with Crippen molar-refractivity contribution in [3.8, 4) is 11.6 Å². The van der Waals surface area contributed by atoms with Crippen LogP contribution in [0.1, 0.15) is 24.7 Å². The molecule has 2 aromatic rings. The molecule has 0 aliphatic heterocycles. The highest BCUT2D eigenvalue weighted by Gasteiger charge is 2.06. The van der Waals surface area contributed by atoms with Crippen LogP contribution in [-0.2, 0) is 0 Å². The van der Waals surface area contributed by atoms with E-state index in [2.05, 4.69) is 22.2 Å². The molecule has 2 rings (SSSR count). The predicted octanol–water partition coefficient (Wildman–Crippen LogP) is 4.36. The van der Waals surface area contributed by atoms with E-state index in [1.807, 2.05) is 26.0 Å². The van der Waals surface area contributed by atoms with Gasteiger partial charge in [-0.2, -0.15) is 4.98 Å². The van der Waals surface area contributed by atoms with Crippen molar-refractivity contribution >= 4 is 17.4 Å². The quantitative estimate of drug-likeness (QED) is 0.889. The molecule has 0 atom stereocenters. The van der Waals surface area contributed by atoms with Crippen molar-refractivity contribution < 1.29 is 4.74 Å². The zero-order chi connectivity index (χ0) is 14.5. The predicted molar refractivity (Wildman–Crippen MR) is 81.8 cm³/mol. The van der Waals surface area contributed by atoms with Crippen LogP contribution in [0.3, 0.4) is 0 Å². The van der Waals surface area contributed by atoms with E-state index in [9.17, 15) is 0 Å². The second-order valence-corrected chi connectivity index (χ2v) is 5.01. The number of ether oxygens (including phenoxy) is 1. The summed E-state index contributed by atoms with van der Waals surface area (Å²) in [5, 5.41) is 3.93. The lowest BCUT2D eigenvalue weighted by atomic mass is 10.2. The Morgan fingerprint density at radius 2 is 2.00 bits per heavy atom. The summed E-state index contributed by atoms with van der Waals surface area (Å²) < 4.78 is 5.82. The fourth-order valence-corrected chi connectivity index (χ4v) is 2.00. The Balaban J connectivity index is 2.21. The zero-order valence-electron chi connectivity index (χ0n) is 11.9. The van der Waals surface area contributed by atoms with E-state index in [4.69, 9.17) is 16.3 Å². The SMILES string of the molecule is CCCNc1cc(Oc2ccc(Cl)cc2C)nc(C)n1. The van der Waals surface area contributed by atoms with Gasteiger partial charge in [0.1, 0.15) is 17.4 Å². The molecule has 0 amide bonds. The van der Waals surface area contributed by atoms with Crippen molar-refractivity contribution in [2.24, 2.45) is 0 Å². The van der Waals surface area contributed by atoms with Gasteiger partial charge >= 0.3 is 0 Å². The average molecular weight is 292 g/mol. The summed E-state index contributed by atoms with van der Waals surface area (Å²) in [7, 11) is 0. The monoisotopic (exact) mass is 291 g/mol. The number of hydrogen-bond donors (Lipinski definition) is 1. The molecule has 0 saturated heterocycles. The van der Waals surface area contributed by atoms with Gasteiger partial charge in [0.2, 0.25) is 5.88 Å². The number of aromatic nitrogens is 2. The molecule has 106 valence electrons. The lowest BCUT2D eigenvalue weighted by molar-refractivity contribution is 0.457. The van der Waals surface area contributed by atoms with E-state index in [1.165, 1.54) is 0 Å². The normalized spacial score (nSPS) is 10.4. The van der Waals surface area contributed by atoms with Gasteiger partial charge in [0.05, 0.1) is 0 Å². The maximum atomic E-state index is 5.94. The van der Waals surface area contributed by atoms with Crippen LogP contribution < -0.4 is 10.1 Å². The summed E-state index contributed by atoms with van der Waals surface area (Å²) in [6, 6.07) is 7.31. The molecule has 0 radical (unpaired) electrons. The molecule has 0 unspecified atom stereocenters. The topological polar surface area (TPSA) is 47.0 Å². The molecular weight excluding hydrogens is 274 g/mol. The molecule has 1 aromatic carbocycles. The highest BCUT2D eigenvalue weighted by atomic mass is 35.5. The van der Waals surface area contributed by atoms with Crippen LogP contribution in [0.5, 0.6) is 11.6 Å². The summed E-state index contributed by atoms with van der Waals surface area (Å²) in [4.78, 5) is 8.62. The van der Waals surface area contributed by atoms with Crippen molar-refractivity contribution in [3.05, 3.63) is 40.7 Å². The fourth-order valence-electron chi connectivity index (χ4n) is 1.78. The highest BCUT2D eigenvalue weighted by molar-refractivity contribution is 6.30. The van der Waals surface area contributed by atoms with Gasteiger partial charge in [0.25, 0.3) is 0 Å². The van der Waals surface area contributed by atoms with Crippen molar-refractivity contribution in [3.63, 3.8) is 0 Å². The molecule has 1 heterocycles. The number of hydrogen-bond acceptors (Lipinski definition) is 4. The molecule has 5 heteroatoms. The third kappa shape index (κ3) is 3.84. The molecular formula is C15H18ClN3O. The Labute approximate surface area is 124 Å². The summed E-state index contributed by atoms with van der Waals surface area (Å²) in [6.07, 6.45) is 1.04. The average Bonchev–Trinajstić information content (AvgIpc) is 2.39. The van der Waals surface area contributed by atoms with Crippen LogP contribution in [0.4, 0.5) is 5.82 Å². The minimum atomic E-state index is 0.529. The summed E-state index contributed by atoms with van der Waals surface area (Å²) >= 11 is 5.94. The lowest BCUT2D eigenvalue weighted by Crippen LogP contribution is -2.04. The molecule has 0 fully saturated rings. The molecule has 1 aromatic heterocycles. The van der Waals surface area contributed by atoms with Gasteiger partial charge in [-0.05, 0) is 44.0 Å². The van der Waals surface area contributed by atoms with Gasteiger partial charge in [-0.1, -0.05) is 18.5 Å². The van der Waals surface area contributed by atoms with E-state index >= 15 is 0 Å². The maximum absolute atomic E-state index is 5.94. The molecule has 4 nitrogen and oxygen atoms in total. The number of benzene rings is 1. The Morgan fingerprint density at radius 3 is 2.70 bits per heavy atom. The van der Waals surface area contributed by atoms with E-state index in [0.717, 1.165) is 30.1 Å². The first-order chi connectivity index (χ1) is 9.58. The Hall–Kier alpha value is -1.81. The highest BCUT2D eigenvalue weighted by Crippen LogP contribution is 2.27. The molecule has 0 aliphatic carbocycles. The van der Waals surface area contributed by atoms with Crippen LogP contribution in [-0.4, -0.2) is 16.5 Å². The minimum absolute atomic E-state index is 0.529. The van der Waals surface area contributed by atoms with Crippen molar-refractivity contribution in [2.45, 2.75) is 27.2 Å². The van der Waals surface area contributed by atoms with Crippen LogP contribution in [0, 0.1) is 13.8 Å². The van der Waals surface area contributed by atoms with Gasteiger partial charge < -0.3 is 10.1 Å². The van der Waals surface area contributed by atoms with E-state index in [1.54, 1.807) is 12.1 Å². The van der Waals surface area contributed by atoms with Gasteiger partial charge in [0.15, 0.2) is 0 Å². The number of aryl methyl sites for hydroxylation is 2. The second kappa shape index (κ2) is 6.57. The smallest absolute Gasteiger partial charge is 0.224 e.